The molecule has 1 fully saturated rings. The molecule has 28 heavy (non-hydrogen) atoms. The van der Waals surface area contributed by atoms with Crippen LogP contribution in [0.25, 0.3) is 0 Å². The second-order valence-corrected chi connectivity index (χ2v) is 7.10. The second-order valence-electron chi connectivity index (χ2n) is 7.10. The number of rotatable bonds is 2. The normalized spacial score (nSPS) is 16.6. The van der Waals surface area contributed by atoms with Gasteiger partial charge in [-0.25, -0.2) is 9.98 Å². The van der Waals surface area contributed by atoms with Crippen LogP contribution < -0.4 is 4.74 Å². The number of ether oxygens (including phenoxy) is 1. The van der Waals surface area contributed by atoms with Crippen molar-refractivity contribution in [3.05, 3.63) is 65.7 Å². The SMILES string of the molecule is Cc1nc(CN2CCN(C3=Nc4ccccc4Oc4ccccc43)CC2)n[nH]1. The van der Waals surface area contributed by atoms with E-state index < -0.39 is 0 Å². The Morgan fingerprint density at radius 3 is 2.50 bits per heavy atom. The van der Waals surface area contributed by atoms with E-state index in [0.29, 0.717) is 0 Å². The third-order valence-electron chi connectivity index (χ3n) is 5.12. The largest absolute Gasteiger partial charge is 0.454 e. The van der Waals surface area contributed by atoms with Gasteiger partial charge in [0.25, 0.3) is 0 Å². The molecule has 0 bridgehead atoms. The van der Waals surface area contributed by atoms with Crippen molar-refractivity contribution in [2.24, 2.45) is 4.99 Å². The number of aromatic amines is 1. The molecule has 0 amide bonds. The third kappa shape index (κ3) is 3.25. The van der Waals surface area contributed by atoms with Gasteiger partial charge in [0.05, 0.1) is 12.1 Å². The average Bonchev–Trinajstić information content (AvgIpc) is 3.05. The van der Waals surface area contributed by atoms with Crippen molar-refractivity contribution in [1.82, 2.24) is 25.0 Å². The maximum absolute atomic E-state index is 6.15. The van der Waals surface area contributed by atoms with Crippen molar-refractivity contribution in [2.75, 3.05) is 26.2 Å². The van der Waals surface area contributed by atoms with E-state index in [-0.39, 0.29) is 0 Å². The highest BCUT2D eigenvalue weighted by molar-refractivity contribution is 6.03. The molecule has 7 nitrogen and oxygen atoms in total. The first-order valence-corrected chi connectivity index (χ1v) is 9.56. The molecule has 5 rings (SSSR count). The Hall–Kier alpha value is -3.19. The minimum atomic E-state index is 0.771. The lowest BCUT2D eigenvalue weighted by atomic mass is 10.1. The molecule has 142 valence electrons. The lowest BCUT2D eigenvalue weighted by molar-refractivity contribution is 0.172. The summed E-state index contributed by atoms with van der Waals surface area (Å²) in [7, 11) is 0. The molecule has 3 heterocycles. The molecule has 0 atom stereocenters. The number of piperazine rings is 1. The molecule has 2 aliphatic rings. The Bertz CT molecular complexity index is 1020. The highest BCUT2D eigenvalue weighted by Gasteiger charge is 2.26. The predicted octanol–water partition coefficient (Wildman–Crippen LogP) is 3.11. The monoisotopic (exact) mass is 374 g/mol. The molecule has 0 radical (unpaired) electrons. The van der Waals surface area contributed by atoms with E-state index in [4.69, 9.17) is 9.73 Å². The number of hydrogen-bond acceptors (Lipinski definition) is 6. The fourth-order valence-corrected chi connectivity index (χ4v) is 3.69. The summed E-state index contributed by atoms with van der Waals surface area (Å²) in [6.45, 7) is 6.38. The molecule has 0 aliphatic carbocycles. The fourth-order valence-electron chi connectivity index (χ4n) is 3.69. The molecule has 0 unspecified atom stereocenters. The summed E-state index contributed by atoms with van der Waals surface area (Å²) >= 11 is 0. The standard InChI is InChI=1S/C21H22N6O/c1-15-22-20(25-24-15)14-26-10-12-27(13-11-26)21-16-6-2-4-8-18(16)28-19-9-5-3-7-17(19)23-21/h2-9H,10-14H2,1H3,(H,22,24,25). The first-order chi connectivity index (χ1) is 13.8. The van der Waals surface area contributed by atoms with Gasteiger partial charge < -0.3 is 9.64 Å². The third-order valence-corrected chi connectivity index (χ3v) is 5.12. The van der Waals surface area contributed by atoms with Gasteiger partial charge >= 0.3 is 0 Å². The van der Waals surface area contributed by atoms with Gasteiger partial charge in [0, 0.05) is 26.2 Å². The van der Waals surface area contributed by atoms with Crippen LogP contribution in [0, 0.1) is 6.92 Å². The molecule has 0 spiro atoms. The van der Waals surface area contributed by atoms with Gasteiger partial charge in [-0.1, -0.05) is 24.3 Å². The molecule has 2 aliphatic heterocycles. The number of fused-ring (bicyclic) bond motifs is 2. The van der Waals surface area contributed by atoms with E-state index in [9.17, 15) is 0 Å². The molecule has 3 aromatic rings. The summed E-state index contributed by atoms with van der Waals surface area (Å²) in [5.41, 5.74) is 1.91. The summed E-state index contributed by atoms with van der Waals surface area (Å²) in [6, 6.07) is 16.1. The molecule has 0 saturated carbocycles. The first-order valence-electron chi connectivity index (χ1n) is 9.56. The van der Waals surface area contributed by atoms with Gasteiger partial charge in [-0.15, -0.1) is 0 Å². The number of H-pyrrole nitrogens is 1. The summed E-state index contributed by atoms with van der Waals surface area (Å²) in [4.78, 5) is 14.1. The van der Waals surface area contributed by atoms with Crippen molar-refractivity contribution in [2.45, 2.75) is 13.5 Å². The number of aliphatic imine (C=N–C) groups is 1. The van der Waals surface area contributed by atoms with Gasteiger partial charge in [0.1, 0.15) is 23.1 Å². The van der Waals surface area contributed by atoms with Gasteiger partial charge in [0.15, 0.2) is 11.6 Å². The average molecular weight is 374 g/mol. The predicted molar refractivity (Wildman–Crippen MR) is 107 cm³/mol. The summed E-state index contributed by atoms with van der Waals surface area (Å²) in [5, 5.41) is 7.17. The zero-order valence-electron chi connectivity index (χ0n) is 15.8. The van der Waals surface area contributed by atoms with Crippen LogP contribution in [0.4, 0.5) is 5.69 Å². The van der Waals surface area contributed by atoms with Crippen LogP contribution in [0.5, 0.6) is 11.5 Å². The van der Waals surface area contributed by atoms with Gasteiger partial charge in [0.2, 0.25) is 0 Å². The first kappa shape index (κ1) is 16.9. The molecular weight excluding hydrogens is 352 g/mol. The Morgan fingerprint density at radius 2 is 1.71 bits per heavy atom. The maximum Gasteiger partial charge on any atom is 0.164 e. The molecule has 7 heteroatoms. The lowest BCUT2D eigenvalue weighted by Gasteiger charge is -2.36. The Morgan fingerprint density at radius 1 is 0.964 bits per heavy atom. The summed E-state index contributed by atoms with van der Waals surface area (Å²) < 4.78 is 6.15. The number of nitrogens with one attached hydrogen (secondary N) is 1. The van der Waals surface area contributed by atoms with Gasteiger partial charge in [-0.2, -0.15) is 5.10 Å². The van der Waals surface area contributed by atoms with Crippen molar-refractivity contribution >= 4 is 11.5 Å². The number of amidine groups is 1. The van der Waals surface area contributed by atoms with E-state index in [0.717, 1.165) is 73.0 Å². The molecule has 1 N–H and O–H groups in total. The molecule has 1 aromatic heterocycles. The van der Waals surface area contributed by atoms with Crippen molar-refractivity contribution in [3.8, 4) is 11.5 Å². The van der Waals surface area contributed by atoms with Gasteiger partial charge in [-0.3, -0.25) is 10.00 Å². The van der Waals surface area contributed by atoms with Gasteiger partial charge in [-0.05, 0) is 31.2 Å². The molecule has 2 aromatic carbocycles. The Balaban J connectivity index is 1.39. The zero-order chi connectivity index (χ0) is 18.9. The Kier molecular flexibility index (Phi) is 4.29. The number of aromatic nitrogens is 3. The van der Waals surface area contributed by atoms with Crippen LogP contribution in [0.15, 0.2) is 53.5 Å². The van der Waals surface area contributed by atoms with E-state index in [1.807, 2.05) is 49.4 Å². The van der Waals surface area contributed by atoms with E-state index in [1.165, 1.54) is 0 Å². The summed E-state index contributed by atoms with van der Waals surface area (Å²) in [6.07, 6.45) is 0. The minimum absolute atomic E-state index is 0.771. The Labute approximate surface area is 163 Å². The number of aryl methyl sites for hydroxylation is 1. The highest BCUT2D eigenvalue weighted by Crippen LogP contribution is 2.37. The molecular formula is C21H22N6O. The van der Waals surface area contributed by atoms with Crippen LogP contribution in [0.2, 0.25) is 0 Å². The minimum Gasteiger partial charge on any atom is -0.454 e. The fraction of sp³-hybridized carbons (Fsp3) is 0.286. The highest BCUT2D eigenvalue weighted by atomic mass is 16.5. The molecule has 1 saturated heterocycles. The van der Waals surface area contributed by atoms with Crippen LogP contribution in [0.1, 0.15) is 17.2 Å². The van der Waals surface area contributed by atoms with E-state index >= 15 is 0 Å². The quantitative estimate of drug-likeness (QED) is 0.746. The second kappa shape index (κ2) is 7.09. The number of nitrogens with zero attached hydrogens (tertiary/aromatic N) is 5. The zero-order valence-corrected chi connectivity index (χ0v) is 15.8. The van der Waals surface area contributed by atoms with Crippen LogP contribution in [-0.4, -0.2) is 57.0 Å². The van der Waals surface area contributed by atoms with Crippen molar-refractivity contribution in [3.63, 3.8) is 0 Å². The lowest BCUT2D eigenvalue weighted by Crippen LogP contribution is -2.48. The van der Waals surface area contributed by atoms with Crippen molar-refractivity contribution in [1.29, 1.82) is 0 Å². The van der Waals surface area contributed by atoms with E-state index in [1.54, 1.807) is 0 Å². The smallest absolute Gasteiger partial charge is 0.164 e. The maximum atomic E-state index is 6.15. The number of para-hydroxylation sites is 3. The van der Waals surface area contributed by atoms with Crippen molar-refractivity contribution < 1.29 is 4.74 Å². The topological polar surface area (TPSA) is 69.6 Å². The van der Waals surface area contributed by atoms with Crippen LogP contribution in [-0.2, 0) is 6.54 Å². The van der Waals surface area contributed by atoms with E-state index in [2.05, 4.69) is 31.0 Å². The summed E-state index contributed by atoms with van der Waals surface area (Å²) in [5.74, 6) is 4.34. The van der Waals surface area contributed by atoms with Crippen LogP contribution in [0.3, 0.4) is 0 Å². The van der Waals surface area contributed by atoms with Crippen LogP contribution >= 0.6 is 0 Å². The number of benzene rings is 2. The number of hydrogen-bond donors (Lipinski definition) is 1.